The zero-order chi connectivity index (χ0) is 25.4. The molecule has 194 valence electrons. The summed E-state index contributed by atoms with van der Waals surface area (Å²) in [6, 6.07) is 7.51. The number of hydrogen-bond acceptors (Lipinski definition) is 7. The second kappa shape index (κ2) is 9.94. The highest BCUT2D eigenvalue weighted by molar-refractivity contribution is 5.90. The van der Waals surface area contributed by atoms with E-state index < -0.39 is 5.54 Å². The first-order valence-electron chi connectivity index (χ1n) is 13.0. The summed E-state index contributed by atoms with van der Waals surface area (Å²) in [5.74, 6) is 1.04. The molecule has 1 amide bonds. The minimum absolute atomic E-state index is 0.240. The Morgan fingerprint density at radius 3 is 2.64 bits per heavy atom. The van der Waals surface area contributed by atoms with Gasteiger partial charge < -0.3 is 15.0 Å². The maximum absolute atomic E-state index is 15.1. The Balaban J connectivity index is 1.24. The number of hydrogen-bond donors (Lipinski definition) is 1. The lowest BCUT2D eigenvalue weighted by Crippen LogP contribution is -2.47. The summed E-state index contributed by atoms with van der Waals surface area (Å²) in [6.45, 7) is 7.12. The average Bonchev–Trinajstić information content (AvgIpc) is 3.65. The third kappa shape index (κ3) is 5.04. The monoisotopic (exact) mass is 496 g/mol. The van der Waals surface area contributed by atoms with Gasteiger partial charge in [-0.1, -0.05) is 12.1 Å². The molecule has 1 aromatic heterocycles. The van der Waals surface area contributed by atoms with Gasteiger partial charge >= 0.3 is 6.09 Å². The van der Waals surface area contributed by atoms with Crippen LogP contribution in [-0.4, -0.2) is 71.2 Å². The van der Waals surface area contributed by atoms with Crippen molar-refractivity contribution in [2.75, 3.05) is 44.0 Å². The van der Waals surface area contributed by atoms with E-state index in [9.17, 15) is 4.79 Å². The number of carbonyl (C=O) groups excluding carboxylic acids is 1. The van der Waals surface area contributed by atoms with E-state index in [1.165, 1.54) is 0 Å². The SMILES string of the molecule is C[C@H](Nc1nccc(N2C(=O)OCC2(C)C2CC2)n1)c1ccc(CN2CCC(N(C)C)CC2)cc1F. The molecule has 0 spiro atoms. The second-order valence-electron chi connectivity index (χ2n) is 11.0. The molecule has 2 aromatic rings. The fourth-order valence-corrected chi connectivity index (χ4v) is 5.59. The fourth-order valence-electron chi connectivity index (χ4n) is 5.59. The second-order valence-corrected chi connectivity index (χ2v) is 11.0. The maximum Gasteiger partial charge on any atom is 0.416 e. The number of piperidine rings is 1. The van der Waals surface area contributed by atoms with Crippen LogP contribution in [0.2, 0.25) is 0 Å². The number of cyclic esters (lactones) is 1. The molecule has 0 bridgehead atoms. The number of ether oxygens (including phenoxy) is 1. The molecule has 0 radical (unpaired) electrons. The van der Waals surface area contributed by atoms with Crippen LogP contribution in [-0.2, 0) is 11.3 Å². The molecule has 36 heavy (non-hydrogen) atoms. The summed E-state index contributed by atoms with van der Waals surface area (Å²) in [7, 11) is 4.27. The normalized spacial score (nSPS) is 24.3. The Bertz CT molecular complexity index is 1100. The maximum atomic E-state index is 15.1. The molecule has 3 aliphatic rings. The molecule has 1 unspecified atom stereocenters. The van der Waals surface area contributed by atoms with E-state index in [0.29, 0.717) is 35.9 Å². The van der Waals surface area contributed by atoms with Crippen molar-refractivity contribution >= 4 is 17.9 Å². The minimum atomic E-state index is -0.391. The topological polar surface area (TPSA) is 73.8 Å². The highest BCUT2D eigenvalue weighted by Crippen LogP contribution is 2.47. The number of likely N-dealkylation sites (tertiary alicyclic amines) is 1. The highest BCUT2D eigenvalue weighted by Gasteiger charge is 2.54. The van der Waals surface area contributed by atoms with Crippen molar-refractivity contribution < 1.29 is 13.9 Å². The van der Waals surface area contributed by atoms with Crippen molar-refractivity contribution in [1.82, 2.24) is 19.8 Å². The predicted octanol–water partition coefficient (Wildman–Crippen LogP) is 4.44. The molecule has 1 saturated carbocycles. The lowest BCUT2D eigenvalue weighted by molar-refractivity contribution is 0.140. The standard InChI is InChI=1S/C27H37FN6O2/c1-18(22-8-5-19(15-23(22)28)16-33-13-10-21(11-14-33)32(3)4)30-25-29-12-9-24(31-25)34-26(35)36-17-27(34,2)20-6-7-20/h5,8-9,12,15,18,20-21H,6-7,10-11,13-14,16-17H2,1-4H3,(H,29,30,31)/t18-,27?/m0/s1. The van der Waals surface area contributed by atoms with Crippen molar-refractivity contribution in [3.05, 3.63) is 47.4 Å². The zero-order valence-electron chi connectivity index (χ0n) is 21.7. The summed E-state index contributed by atoms with van der Waals surface area (Å²) in [5.41, 5.74) is 1.15. The molecule has 8 nitrogen and oxygen atoms in total. The van der Waals surface area contributed by atoms with Gasteiger partial charge in [0.2, 0.25) is 5.95 Å². The first-order valence-corrected chi connectivity index (χ1v) is 13.0. The largest absolute Gasteiger partial charge is 0.447 e. The van der Waals surface area contributed by atoms with Crippen LogP contribution >= 0.6 is 0 Å². The Morgan fingerprint density at radius 1 is 1.22 bits per heavy atom. The number of aromatic nitrogens is 2. The molecule has 5 rings (SSSR count). The predicted molar refractivity (Wildman–Crippen MR) is 137 cm³/mol. The Labute approximate surface area is 212 Å². The number of benzene rings is 1. The number of nitrogens with zero attached hydrogens (tertiary/aromatic N) is 5. The molecule has 3 fully saturated rings. The number of rotatable bonds is 8. The van der Waals surface area contributed by atoms with Gasteiger partial charge in [-0.2, -0.15) is 4.98 Å². The van der Waals surface area contributed by atoms with Crippen LogP contribution in [0, 0.1) is 11.7 Å². The zero-order valence-corrected chi connectivity index (χ0v) is 21.7. The van der Waals surface area contributed by atoms with Gasteiger partial charge in [-0.3, -0.25) is 9.80 Å². The smallest absolute Gasteiger partial charge is 0.416 e. The number of halogens is 1. The summed E-state index contributed by atoms with van der Waals surface area (Å²) in [5, 5.41) is 3.21. The van der Waals surface area contributed by atoms with Gasteiger partial charge in [-0.25, -0.2) is 14.2 Å². The van der Waals surface area contributed by atoms with Crippen LogP contribution in [0.25, 0.3) is 0 Å². The summed E-state index contributed by atoms with van der Waals surface area (Å²) >= 11 is 0. The van der Waals surface area contributed by atoms with Crippen LogP contribution in [0.15, 0.2) is 30.5 Å². The van der Waals surface area contributed by atoms with Gasteiger partial charge in [-0.15, -0.1) is 0 Å². The van der Waals surface area contributed by atoms with E-state index in [1.807, 2.05) is 19.1 Å². The molecule has 1 aliphatic carbocycles. The Hall–Kier alpha value is -2.78. The minimum Gasteiger partial charge on any atom is -0.447 e. The van der Waals surface area contributed by atoms with Crippen molar-refractivity contribution in [1.29, 1.82) is 0 Å². The van der Waals surface area contributed by atoms with Crippen molar-refractivity contribution in [3.8, 4) is 0 Å². The third-order valence-corrected chi connectivity index (χ3v) is 8.08. The van der Waals surface area contributed by atoms with Gasteiger partial charge in [0.25, 0.3) is 0 Å². The molecule has 2 atom stereocenters. The van der Waals surface area contributed by atoms with E-state index in [4.69, 9.17) is 4.74 Å². The van der Waals surface area contributed by atoms with E-state index in [0.717, 1.165) is 50.9 Å². The first-order chi connectivity index (χ1) is 17.2. The van der Waals surface area contributed by atoms with Gasteiger partial charge in [0.1, 0.15) is 18.2 Å². The average molecular weight is 497 g/mol. The Kier molecular flexibility index (Phi) is 6.87. The van der Waals surface area contributed by atoms with Crippen LogP contribution < -0.4 is 10.2 Å². The number of amides is 1. The van der Waals surface area contributed by atoms with Crippen molar-refractivity contribution in [2.45, 2.75) is 63.7 Å². The van der Waals surface area contributed by atoms with Gasteiger partial charge in [0.15, 0.2) is 0 Å². The van der Waals surface area contributed by atoms with E-state index in [1.54, 1.807) is 23.2 Å². The molecule has 9 heteroatoms. The van der Waals surface area contributed by atoms with Gasteiger partial charge in [0, 0.05) is 24.3 Å². The Morgan fingerprint density at radius 2 is 1.97 bits per heavy atom. The quantitative estimate of drug-likeness (QED) is 0.579. The molecule has 3 heterocycles. The molecular weight excluding hydrogens is 459 g/mol. The third-order valence-electron chi connectivity index (χ3n) is 8.08. The number of carbonyl (C=O) groups is 1. The van der Waals surface area contributed by atoms with Crippen LogP contribution in [0.4, 0.5) is 21.0 Å². The van der Waals surface area contributed by atoms with Crippen molar-refractivity contribution in [3.63, 3.8) is 0 Å². The van der Waals surface area contributed by atoms with E-state index in [-0.39, 0.29) is 18.0 Å². The fraction of sp³-hybridized carbons (Fsp3) is 0.593. The van der Waals surface area contributed by atoms with Gasteiger partial charge in [-0.05, 0) is 90.3 Å². The molecule has 1 aromatic carbocycles. The van der Waals surface area contributed by atoms with E-state index >= 15 is 4.39 Å². The van der Waals surface area contributed by atoms with Crippen LogP contribution in [0.1, 0.15) is 56.7 Å². The highest BCUT2D eigenvalue weighted by atomic mass is 19.1. The molecule has 1 N–H and O–H groups in total. The molecule has 2 saturated heterocycles. The number of anilines is 2. The molecular formula is C27H37FN6O2. The first kappa shape index (κ1) is 24.9. The summed E-state index contributed by atoms with van der Waals surface area (Å²) < 4.78 is 20.5. The van der Waals surface area contributed by atoms with Crippen molar-refractivity contribution in [2.24, 2.45) is 5.92 Å². The number of nitrogens with one attached hydrogen (secondary N) is 1. The van der Waals surface area contributed by atoms with Crippen LogP contribution in [0.5, 0.6) is 0 Å². The lowest BCUT2D eigenvalue weighted by Gasteiger charge is -2.35. The van der Waals surface area contributed by atoms with E-state index in [2.05, 4.69) is 46.1 Å². The van der Waals surface area contributed by atoms with Crippen LogP contribution in [0.3, 0.4) is 0 Å². The molecule has 2 aliphatic heterocycles. The lowest BCUT2D eigenvalue weighted by atomic mass is 9.96. The van der Waals surface area contributed by atoms with Gasteiger partial charge in [0.05, 0.1) is 11.6 Å². The summed E-state index contributed by atoms with van der Waals surface area (Å²) in [4.78, 5) is 27.8. The summed E-state index contributed by atoms with van der Waals surface area (Å²) in [6.07, 6.45) is 5.69.